The van der Waals surface area contributed by atoms with E-state index in [0.29, 0.717) is 5.82 Å². The SMILES string of the molecule is COc1ccc(OC)c(-c2cc(N)n(C)n2)c1SC. The lowest BCUT2D eigenvalue weighted by Gasteiger charge is -2.14. The highest BCUT2D eigenvalue weighted by atomic mass is 32.2. The zero-order valence-corrected chi connectivity index (χ0v) is 12.2. The Hall–Kier alpha value is -1.82. The predicted molar refractivity (Wildman–Crippen MR) is 77.9 cm³/mol. The molecule has 0 aliphatic rings. The summed E-state index contributed by atoms with van der Waals surface area (Å²) in [7, 11) is 5.10. The number of aromatic nitrogens is 2. The van der Waals surface area contributed by atoms with Gasteiger partial charge in [0.1, 0.15) is 17.3 Å². The van der Waals surface area contributed by atoms with E-state index in [0.717, 1.165) is 27.7 Å². The molecule has 0 bridgehead atoms. The average molecular weight is 279 g/mol. The first kappa shape index (κ1) is 13.6. The summed E-state index contributed by atoms with van der Waals surface area (Å²) in [5.41, 5.74) is 7.54. The van der Waals surface area contributed by atoms with Gasteiger partial charge in [-0.05, 0) is 18.4 Å². The molecule has 0 atom stereocenters. The maximum atomic E-state index is 5.85. The topological polar surface area (TPSA) is 62.3 Å². The van der Waals surface area contributed by atoms with Crippen molar-refractivity contribution in [3.05, 3.63) is 18.2 Å². The fourth-order valence-corrected chi connectivity index (χ4v) is 2.69. The number of anilines is 1. The molecule has 5 nitrogen and oxygen atoms in total. The number of nitrogens with zero attached hydrogens (tertiary/aromatic N) is 2. The van der Waals surface area contributed by atoms with Gasteiger partial charge in [0.2, 0.25) is 0 Å². The summed E-state index contributed by atoms with van der Waals surface area (Å²) in [5, 5.41) is 4.42. The molecule has 6 heteroatoms. The number of methoxy groups -OCH3 is 2. The fraction of sp³-hybridized carbons (Fsp3) is 0.308. The van der Waals surface area contributed by atoms with Crippen LogP contribution in [0.5, 0.6) is 11.5 Å². The highest BCUT2D eigenvalue weighted by Gasteiger charge is 2.18. The van der Waals surface area contributed by atoms with Crippen molar-refractivity contribution < 1.29 is 9.47 Å². The van der Waals surface area contributed by atoms with Crippen LogP contribution < -0.4 is 15.2 Å². The summed E-state index contributed by atoms with van der Waals surface area (Å²) in [6.07, 6.45) is 1.99. The van der Waals surface area contributed by atoms with Gasteiger partial charge in [0.15, 0.2) is 0 Å². The van der Waals surface area contributed by atoms with Crippen LogP contribution in [0.25, 0.3) is 11.3 Å². The quantitative estimate of drug-likeness (QED) is 0.871. The Morgan fingerprint density at radius 2 is 1.84 bits per heavy atom. The minimum absolute atomic E-state index is 0.604. The molecule has 0 radical (unpaired) electrons. The number of nitrogens with two attached hydrogens (primary N) is 1. The van der Waals surface area contributed by atoms with Crippen LogP contribution >= 0.6 is 11.8 Å². The summed E-state index contributed by atoms with van der Waals surface area (Å²) >= 11 is 1.59. The van der Waals surface area contributed by atoms with Crippen molar-refractivity contribution in [1.29, 1.82) is 0 Å². The number of rotatable bonds is 4. The van der Waals surface area contributed by atoms with Crippen molar-refractivity contribution in [3.63, 3.8) is 0 Å². The minimum Gasteiger partial charge on any atom is -0.496 e. The molecule has 2 N–H and O–H groups in total. The van der Waals surface area contributed by atoms with Crippen molar-refractivity contribution in [1.82, 2.24) is 9.78 Å². The third-order valence-corrected chi connectivity index (χ3v) is 3.71. The molecular formula is C13H17N3O2S. The fourth-order valence-electron chi connectivity index (χ4n) is 1.93. The largest absolute Gasteiger partial charge is 0.496 e. The second-order valence-corrected chi connectivity index (χ2v) is 4.77. The van der Waals surface area contributed by atoms with Crippen LogP contribution in [0.1, 0.15) is 0 Å². The Morgan fingerprint density at radius 1 is 1.21 bits per heavy atom. The molecule has 102 valence electrons. The molecule has 0 aliphatic carbocycles. The van der Waals surface area contributed by atoms with Crippen molar-refractivity contribution in [2.45, 2.75) is 4.90 Å². The molecule has 2 aromatic rings. The van der Waals surface area contributed by atoms with Crippen molar-refractivity contribution in [2.75, 3.05) is 26.2 Å². The third-order valence-electron chi connectivity index (χ3n) is 2.90. The first-order chi connectivity index (χ1) is 9.12. The first-order valence-corrected chi connectivity index (χ1v) is 6.93. The van der Waals surface area contributed by atoms with E-state index in [-0.39, 0.29) is 0 Å². The van der Waals surface area contributed by atoms with Gasteiger partial charge in [0.25, 0.3) is 0 Å². The zero-order chi connectivity index (χ0) is 14.0. The molecule has 0 saturated heterocycles. The van der Waals surface area contributed by atoms with Crippen LogP contribution in [0.2, 0.25) is 0 Å². The molecule has 1 aromatic heterocycles. The summed E-state index contributed by atoms with van der Waals surface area (Å²) in [6, 6.07) is 5.59. The Bertz CT molecular complexity index is 576. The summed E-state index contributed by atoms with van der Waals surface area (Å²) in [5.74, 6) is 2.16. The molecule has 19 heavy (non-hydrogen) atoms. The van der Waals surface area contributed by atoms with E-state index in [1.165, 1.54) is 0 Å². The van der Waals surface area contributed by atoms with Gasteiger partial charge >= 0.3 is 0 Å². The molecule has 1 heterocycles. The lowest BCUT2D eigenvalue weighted by atomic mass is 10.1. The van der Waals surface area contributed by atoms with Gasteiger partial charge in [-0.1, -0.05) is 0 Å². The second-order valence-electron chi connectivity index (χ2n) is 3.96. The van der Waals surface area contributed by atoms with Gasteiger partial charge in [-0.3, -0.25) is 4.68 Å². The number of benzene rings is 1. The molecule has 0 unspecified atom stereocenters. The van der Waals surface area contributed by atoms with Crippen LogP contribution in [0.15, 0.2) is 23.1 Å². The molecule has 0 saturated carbocycles. The van der Waals surface area contributed by atoms with Crippen molar-refractivity contribution in [3.8, 4) is 22.8 Å². The second kappa shape index (κ2) is 5.44. The Kier molecular flexibility index (Phi) is 3.90. The van der Waals surface area contributed by atoms with Gasteiger partial charge < -0.3 is 15.2 Å². The van der Waals surface area contributed by atoms with E-state index < -0.39 is 0 Å². The highest BCUT2D eigenvalue weighted by Crippen LogP contribution is 2.43. The lowest BCUT2D eigenvalue weighted by molar-refractivity contribution is 0.395. The van der Waals surface area contributed by atoms with Crippen molar-refractivity contribution in [2.24, 2.45) is 7.05 Å². The third kappa shape index (κ3) is 2.35. The number of aryl methyl sites for hydroxylation is 1. The van der Waals surface area contributed by atoms with E-state index in [1.54, 1.807) is 30.7 Å². The Morgan fingerprint density at radius 3 is 2.32 bits per heavy atom. The molecule has 0 fully saturated rings. The number of thioether (sulfide) groups is 1. The molecule has 0 aliphatic heterocycles. The zero-order valence-electron chi connectivity index (χ0n) is 11.4. The van der Waals surface area contributed by atoms with Crippen LogP contribution in [0.4, 0.5) is 5.82 Å². The summed E-state index contributed by atoms with van der Waals surface area (Å²) in [6.45, 7) is 0. The normalized spacial score (nSPS) is 10.5. The molecular weight excluding hydrogens is 262 g/mol. The lowest BCUT2D eigenvalue weighted by Crippen LogP contribution is -1.97. The predicted octanol–water partition coefficient (Wildman–Crippen LogP) is 2.41. The smallest absolute Gasteiger partial charge is 0.133 e. The Balaban J connectivity index is 2.71. The van der Waals surface area contributed by atoms with Crippen molar-refractivity contribution >= 4 is 17.6 Å². The maximum absolute atomic E-state index is 5.85. The number of nitrogen functional groups attached to an aromatic ring is 1. The van der Waals surface area contributed by atoms with E-state index in [4.69, 9.17) is 15.2 Å². The number of hydrogen-bond acceptors (Lipinski definition) is 5. The van der Waals surface area contributed by atoms with E-state index in [9.17, 15) is 0 Å². The van der Waals surface area contributed by atoms with Gasteiger partial charge in [0, 0.05) is 13.1 Å². The molecule has 0 spiro atoms. The molecule has 2 rings (SSSR count). The van der Waals surface area contributed by atoms with Crippen LogP contribution in [-0.4, -0.2) is 30.3 Å². The molecule has 0 amide bonds. The van der Waals surface area contributed by atoms with Gasteiger partial charge in [-0.25, -0.2) is 0 Å². The van der Waals surface area contributed by atoms with Gasteiger partial charge in [-0.2, -0.15) is 5.10 Å². The van der Waals surface area contributed by atoms with E-state index in [1.807, 2.05) is 31.5 Å². The monoisotopic (exact) mass is 279 g/mol. The van der Waals surface area contributed by atoms with Crippen LogP contribution in [-0.2, 0) is 7.05 Å². The number of hydrogen-bond donors (Lipinski definition) is 1. The van der Waals surface area contributed by atoms with Crippen LogP contribution in [0.3, 0.4) is 0 Å². The van der Waals surface area contributed by atoms with Gasteiger partial charge in [0.05, 0.1) is 30.4 Å². The molecule has 1 aromatic carbocycles. The maximum Gasteiger partial charge on any atom is 0.133 e. The minimum atomic E-state index is 0.604. The highest BCUT2D eigenvalue weighted by molar-refractivity contribution is 7.98. The average Bonchev–Trinajstić information content (AvgIpc) is 2.76. The Labute approximate surface area is 116 Å². The summed E-state index contributed by atoms with van der Waals surface area (Å²) in [4.78, 5) is 0.986. The first-order valence-electron chi connectivity index (χ1n) is 5.71. The summed E-state index contributed by atoms with van der Waals surface area (Å²) < 4.78 is 12.5. The number of ether oxygens (including phenoxy) is 2. The standard InChI is InChI=1S/C13H17N3O2S/c1-16-11(14)7-8(15-16)12-9(17-2)5-6-10(18-3)13(12)19-4/h5-7H,14H2,1-4H3. The van der Waals surface area contributed by atoms with Gasteiger partial charge in [-0.15, -0.1) is 11.8 Å². The van der Waals surface area contributed by atoms with Crippen LogP contribution in [0, 0.1) is 0 Å². The van der Waals surface area contributed by atoms with E-state index in [2.05, 4.69) is 5.10 Å². The van der Waals surface area contributed by atoms with E-state index >= 15 is 0 Å².